The number of carbonyl (C=O) groups is 4. The van der Waals surface area contributed by atoms with Crippen molar-refractivity contribution in [3.05, 3.63) is 94.5 Å². The number of amides is 3. The Morgan fingerprint density at radius 2 is 1.62 bits per heavy atom. The van der Waals surface area contributed by atoms with Gasteiger partial charge in [-0.15, -0.1) is 0 Å². The molecule has 3 N–H and O–H groups in total. The summed E-state index contributed by atoms with van der Waals surface area (Å²) in [7, 11) is 2.94. The number of fused-ring (bicyclic) bond motifs is 1. The Balaban J connectivity index is 1.40. The first-order chi connectivity index (χ1) is 20.3. The summed E-state index contributed by atoms with van der Waals surface area (Å²) in [4.78, 5) is 54.2. The molecule has 10 heteroatoms. The van der Waals surface area contributed by atoms with Crippen molar-refractivity contribution in [2.24, 2.45) is 0 Å². The molecule has 0 bridgehead atoms. The Morgan fingerprint density at radius 3 is 2.26 bits per heavy atom. The number of methoxy groups -OCH3 is 1. The van der Waals surface area contributed by atoms with Crippen LogP contribution < -0.4 is 16.0 Å². The number of benzene rings is 3. The molecule has 2 aliphatic heterocycles. The number of nitrogens with zero attached hydrogens (tertiary/aromatic N) is 2. The summed E-state index contributed by atoms with van der Waals surface area (Å²) in [5.41, 5.74) is 5.42. The lowest BCUT2D eigenvalue weighted by atomic mass is 9.96. The Morgan fingerprint density at radius 1 is 0.929 bits per heavy atom. The molecule has 42 heavy (non-hydrogen) atoms. The third kappa shape index (κ3) is 5.89. The van der Waals surface area contributed by atoms with Gasteiger partial charge in [-0.2, -0.15) is 0 Å². The van der Waals surface area contributed by atoms with Crippen molar-refractivity contribution in [2.75, 3.05) is 57.5 Å². The van der Waals surface area contributed by atoms with Crippen LogP contribution in [0.3, 0.4) is 0 Å². The second-order valence-electron chi connectivity index (χ2n) is 10.2. The van der Waals surface area contributed by atoms with Crippen LogP contribution in [0, 0.1) is 6.92 Å². The number of piperazine rings is 1. The zero-order valence-corrected chi connectivity index (χ0v) is 23.8. The van der Waals surface area contributed by atoms with E-state index in [1.54, 1.807) is 37.1 Å². The topological polar surface area (TPSA) is 120 Å². The number of carbonyl (C=O) groups excluding carboxylic acids is 4. The Hall–Kier alpha value is -4.96. The van der Waals surface area contributed by atoms with Crippen LogP contribution in [0.4, 0.5) is 11.4 Å². The smallest absolute Gasteiger partial charge is 0.338 e. The molecule has 1 saturated heterocycles. The average Bonchev–Trinajstić information content (AvgIpc) is 3.33. The minimum absolute atomic E-state index is 0.0395. The number of likely N-dealkylation sites (N-methyl/N-ethyl adjacent to an activating group) is 1. The molecule has 3 amide bonds. The van der Waals surface area contributed by atoms with E-state index < -0.39 is 5.97 Å². The second-order valence-corrected chi connectivity index (χ2v) is 10.2. The van der Waals surface area contributed by atoms with Crippen LogP contribution in [0.25, 0.3) is 11.3 Å². The van der Waals surface area contributed by atoms with E-state index >= 15 is 0 Å². The fourth-order valence-corrected chi connectivity index (χ4v) is 5.20. The van der Waals surface area contributed by atoms with Gasteiger partial charge in [-0.3, -0.25) is 19.3 Å². The van der Waals surface area contributed by atoms with Gasteiger partial charge >= 0.3 is 5.97 Å². The van der Waals surface area contributed by atoms with Crippen molar-refractivity contribution in [2.45, 2.75) is 6.92 Å². The van der Waals surface area contributed by atoms with Gasteiger partial charge in [0.2, 0.25) is 5.91 Å². The molecule has 3 aromatic rings. The summed E-state index contributed by atoms with van der Waals surface area (Å²) in [6.45, 7) is 4.50. The molecule has 0 spiro atoms. The van der Waals surface area contributed by atoms with Crippen LogP contribution in [0.2, 0.25) is 0 Å². The third-order valence-corrected chi connectivity index (χ3v) is 7.53. The van der Waals surface area contributed by atoms with Crippen LogP contribution in [-0.2, 0) is 14.3 Å². The van der Waals surface area contributed by atoms with E-state index in [-0.39, 0.29) is 17.7 Å². The van der Waals surface area contributed by atoms with Crippen molar-refractivity contribution >= 4 is 46.3 Å². The number of hydrogen-bond donors (Lipinski definition) is 3. The number of anilines is 2. The molecule has 2 aliphatic rings. The van der Waals surface area contributed by atoms with Crippen molar-refractivity contribution in [3.63, 3.8) is 0 Å². The van der Waals surface area contributed by atoms with Gasteiger partial charge in [0.05, 0.1) is 36.2 Å². The molecule has 0 saturated carbocycles. The fourth-order valence-electron chi connectivity index (χ4n) is 5.20. The van der Waals surface area contributed by atoms with Gasteiger partial charge in [0.15, 0.2) is 0 Å². The Labute approximate surface area is 244 Å². The number of esters is 1. The molecule has 0 aliphatic carbocycles. The lowest BCUT2D eigenvalue weighted by molar-refractivity contribution is -0.122. The normalized spacial score (nSPS) is 15.9. The minimum Gasteiger partial charge on any atom is -0.465 e. The molecule has 216 valence electrons. The van der Waals surface area contributed by atoms with Crippen LogP contribution in [0.5, 0.6) is 0 Å². The van der Waals surface area contributed by atoms with Crippen LogP contribution in [0.1, 0.15) is 37.4 Å². The maximum Gasteiger partial charge on any atom is 0.338 e. The highest BCUT2D eigenvalue weighted by atomic mass is 16.5. The van der Waals surface area contributed by atoms with Crippen molar-refractivity contribution < 1.29 is 23.9 Å². The number of aryl methyl sites for hydroxylation is 1. The van der Waals surface area contributed by atoms with Crippen molar-refractivity contribution in [3.8, 4) is 0 Å². The zero-order valence-electron chi connectivity index (χ0n) is 23.8. The predicted molar refractivity (Wildman–Crippen MR) is 161 cm³/mol. The number of ether oxygens (including phenoxy) is 1. The molecule has 0 aromatic heterocycles. The fraction of sp³-hybridized carbons (Fsp3) is 0.250. The van der Waals surface area contributed by atoms with Crippen LogP contribution >= 0.6 is 0 Å². The Bertz CT molecular complexity index is 1560. The molecule has 3 aromatic carbocycles. The highest BCUT2D eigenvalue weighted by Crippen LogP contribution is 2.39. The first kappa shape index (κ1) is 28.6. The lowest BCUT2D eigenvalue weighted by Gasteiger charge is -2.34. The van der Waals surface area contributed by atoms with E-state index in [4.69, 9.17) is 4.74 Å². The summed E-state index contributed by atoms with van der Waals surface area (Å²) >= 11 is 0. The second kappa shape index (κ2) is 12.3. The standard InChI is InChI=1S/C32H33N5O5/c1-20-17-25-26(18-24(20)32(41)42-3)35-30(39)28(25)29(21-7-5-4-6-8-21)34-23-11-9-22(10-12-23)31(40)37-15-13-36(14-16-37)19-27(38)33-2/h4-12,17-18,34H,13-16,19H2,1-3H3,(H,33,38)(H,35,39)/b29-28-. The number of nitrogens with one attached hydrogen (secondary N) is 3. The van der Waals surface area contributed by atoms with E-state index in [0.717, 1.165) is 5.56 Å². The number of hydrogen-bond acceptors (Lipinski definition) is 7. The quantitative estimate of drug-likeness (QED) is 0.296. The summed E-state index contributed by atoms with van der Waals surface area (Å²) in [6.07, 6.45) is 0. The monoisotopic (exact) mass is 567 g/mol. The van der Waals surface area contributed by atoms with E-state index in [1.807, 2.05) is 53.4 Å². The SMILES string of the molecule is CNC(=O)CN1CCN(C(=O)c2ccc(N/C(=C3\C(=O)Nc4cc(C(=O)OC)c(C)cc43)c3ccccc3)cc2)CC1. The molecular formula is C32H33N5O5. The van der Waals surface area contributed by atoms with Gasteiger partial charge in [-0.25, -0.2) is 4.79 Å². The minimum atomic E-state index is -0.469. The lowest BCUT2D eigenvalue weighted by Crippen LogP contribution is -2.50. The average molecular weight is 568 g/mol. The first-order valence-electron chi connectivity index (χ1n) is 13.7. The largest absolute Gasteiger partial charge is 0.465 e. The molecule has 1 fully saturated rings. The van der Waals surface area contributed by atoms with Crippen LogP contribution in [0.15, 0.2) is 66.7 Å². The van der Waals surface area contributed by atoms with Gasteiger partial charge in [-0.05, 0) is 54.4 Å². The zero-order chi connectivity index (χ0) is 29.8. The molecule has 0 radical (unpaired) electrons. The van der Waals surface area contributed by atoms with Gasteiger partial charge in [-0.1, -0.05) is 30.3 Å². The summed E-state index contributed by atoms with van der Waals surface area (Å²) in [5, 5.41) is 8.92. The Kier molecular flexibility index (Phi) is 8.35. The molecule has 2 heterocycles. The van der Waals surface area contributed by atoms with E-state index in [0.29, 0.717) is 77.6 Å². The summed E-state index contributed by atoms with van der Waals surface area (Å²) in [6, 6.07) is 20.2. The van der Waals surface area contributed by atoms with Crippen LogP contribution in [-0.4, -0.2) is 80.4 Å². The van der Waals surface area contributed by atoms with Gasteiger partial charge in [0.1, 0.15) is 0 Å². The van der Waals surface area contributed by atoms with Crippen molar-refractivity contribution in [1.29, 1.82) is 0 Å². The molecular weight excluding hydrogens is 534 g/mol. The highest BCUT2D eigenvalue weighted by Gasteiger charge is 2.30. The highest BCUT2D eigenvalue weighted by molar-refractivity contribution is 6.37. The molecule has 10 nitrogen and oxygen atoms in total. The molecule has 5 rings (SSSR count). The van der Waals surface area contributed by atoms with E-state index in [1.165, 1.54) is 7.11 Å². The van der Waals surface area contributed by atoms with E-state index in [9.17, 15) is 19.2 Å². The molecule has 0 atom stereocenters. The molecule has 0 unspecified atom stereocenters. The van der Waals surface area contributed by atoms with E-state index in [2.05, 4.69) is 16.0 Å². The maximum absolute atomic E-state index is 13.3. The third-order valence-electron chi connectivity index (χ3n) is 7.53. The summed E-state index contributed by atoms with van der Waals surface area (Å²) in [5.74, 6) is -0.866. The van der Waals surface area contributed by atoms with Gasteiger partial charge in [0, 0.05) is 50.0 Å². The van der Waals surface area contributed by atoms with Crippen molar-refractivity contribution in [1.82, 2.24) is 15.1 Å². The van der Waals surface area contributed by atoms with Gasteiger partial charge < -0.3 is 25.6 Å². The summed E-state index contributed by atoms with van der Waals surface area (Å²) < 4.78 is 4.89. The first-order valence-corrected chi connectivity index (χ1v) is 13.7. The predicted octanol–water partition coefficient (Wildman–Crippen LogP) is 3.22. The number of rotatable bonds is 7. The maximum atomic E-state index is 13.3. The van der Waals surface area contributed by atoms with Gasteiger partial charge in [0.25, 0.3) is 11.8 Å².